The van der Waals surface area contributed by atoms with Crippen molar-refractivity contribution in [2.75, 3.05) is 5.32 Å². The second-order valence-corrected chi connectivity index (χ2v) is 6.58. The third kappa shape index (κ3) is 3.94. The highest BCUT2D eigenvalue weighted by Gasteiger charge is 2.10. The highest BCUT2D eigenvalue weighted by molar-refractivity contribution is 7.15. The van der Waals surface area contributed by atoms with Gasteiger partial charge in [-0.3, -0.25) is 15.1 Å². The molecule has 0 aliphatic carbocycles. The Bertz CT molecular complexity index is 833. The van der Waals surface area contributed by atoms with Crippen molar-refractivity contribution in [3.63, 3.8) is 0 Å². The van der Waals surface area contributed by atoms with Gasteiger partial charge in [-0.05, 0) is 36.2 Å². The quantitative estimate of drug-likeness (QED) is 0.766. The molecular weight excluding hydrogens is 330 g/mol. The van der Waals surface area contributed by atoms with Gasteiger partial charge in [-0.25, -0.2) is 4.98 Å². The molecule has 0 radical (unpaired) electrons. The van der Waals surface area contributed by atoms with E-state index in [0.29, 0.717) is 10.8 Å². The maximum atomic E-state index is 12.0. The average Bonchev–Trinajstić information content (AvgIpc) is 2.99. The van der Waals surface area contributed by atoms with E-state index in [2.05, 4.69) is 15.3 Å². The van der Waals surface area contributed by atoms with Crippen LogP contribution in [0, 0.1) is 6.92 Å². The van der Waals surface area contributed by atoms with Gasteiger partial charge in [0.15, 0.2) is 5.13 Å². The summed E-state index contributed by atoms with van der Waals surface area (Å²) < 4.78 is 0. The van der Waals surface area contributed by atoms with Gasteiger partial charge in [0.25, 0.3) is 5.91 Å². The predicted molar refractivity (Wildman–Crippen MR) is 93.3 cm³/mol. The van der Waals surface area contributed by atoms with E-state index in [4.69, 9.17) is 11.6 Å². The van der Waals surface area contributed by atoms with Crippen molar-refractivity contribution in [1.29, 1.82) is 0 Å². The summed E-state index contributed by atoms with van der Waals surface area (Å²) in [5.41, 5.74) is 2.55. The van der Waals surface area contributed by atoms with Crippen LogP contribution in [0.2, 0.25) is 5.02 Å². The van der Waals surface area contributed by atoms with Gasteiger partial charge in [0.2, 0.25) is 0 Å². The standard InChI is InChI=1S/C17H14ClN3OS/c1-11-5-6-12(9-14(11)18)8-13-10-20-17(23-13)21-16(22)15-4-2-3-7-19-15/h2-7,9-10H,8H2,1H3,(H,20,21,22). The number of aromatic nitrogens is 2. The zero-order valence-electron chi connectivity index (χ0n) is 12.4. The molecule has 23 heavy (non-hydrogen) atoms. The van der Waals surface area contributed by atoms with E-state index in [1.54, 1.807) is 30.6 Å². The summed E-state index contributed by atoms with van der Waals surface area (Å²) in [6.45, 7) is 1.98. The fourth-order valence-electron chi connectivity index (χ4n) is 2.05. The fraction of sp³-hybridized carbons (Fsp3) is 0.118. The number of benzene rings is 1. The normalized spacial score (nSPS) is 10.5. The summed E-state index contributed by atoms with van der Waals surface area (Å²) >= 11 is 7.59. The molecule has 0 spiro atoms. The minimum absolute atomic E-state index is 0.259. The molecule has 6 heteroatoms. The lowest BCUT2D eigenvalue weighted by Gasteiger charge is -2.02. The lowest BCUT2D eigenvalue weighted by molar-refractivity contribution is 0.102. The second kappa shape index (κ2) is 6.89. The summed E-state index contributed by atoms with van der Waals surface area (Å²) in [4.78, 5) is 21.4. The lowest BCUT2D eigenvalue weighted by Crippen LogP contribution is -2.12. The van der Waals surface area contributed by atoms with E-state index in [-0.39, 0.29) is 5.91 Å². The minimum atomic E-state index is -0.259. The third-order valence-electron chi connectivity index (χ3n) is 3.29. The van der Waals surface area contributed by atoms with Gasteiger partial charge in [-0.15, -0.1) is 11.3 Å². The van der Waals surface area contributed by atoms with Crippen molar-refractivity contribution in [2.24, 2.45) is 0 Å². The number of nitrogens with one attached hydrogen (secondary N) is 1. The van der Waals surface area contributed by atoms with Gasteiger partial charge >= 0.3 is 0 Å². The van der Waals surface area contributed by atoms with Crippen molar-refractivity contribution in [1.82, 2.24) is 9.97 Å². The number of nitrogens with zero attached hydrogens (tertiary/aromatic N) is 2. The molecule has 0 saturated carbocycles. The lowest BCUT2D eigenvalue weighted by atomic mass is 10.1. The molecule has 4 nitrogen and oxygen atoms in total. The van der Waals surface area contributed by atoms with Crippen molar-refractivity contribution in [3.05, 3.63) is 75.5 Å². The highest BCUT2D eigenvalue weighted by atomic mass is 35.5. The maximum absolute atomic E-state index is 12.0. The Hall–Kier alpha value is -2.24. The van der Waals surface area contributed by atoms with Crippen LogP contribution >= 0.6 is 22.9 Å². The van der Waals surface area contributed by atoms with Gasteiger partial charge in [0.05, 0.1) is 0 Å². The van der Waals surface area contributed by atoms with Crippen LogP contribution in [0.1, 0.15) is 26.5 Å². The van der Waals surface area contributed by atoms with Crippen molar-refractivity contribution < 1.29 is 4.79 Å². The number of rotatable bonds is 4. The van der Waals surface area contributed by atoms with Gasteiger partial charge in [0, 0.05) is 28.7 Å². The number of anilines is 1. The molecule has 0 aliphatic rings. The Morgan fingerprint density at radius 3 is 2.87 bits per heavy atom. The average molecular weight is 344 g/mol. The van der Waals surface area contributed by atoms with E-state index in [0.717, 1.165) is 27.4 Å². The van der Waals surface area contributed by atoms with E-state index >= 15 is 0 Å². The first-order chi connectivity index (χ1) is 11.1. The Morgan fingerprint density at radius 2 is 2.13 bits per heavy atom. The zero-order chi connectivity index (χ0) is 16.2. The number of amides is 1. The maximum Gasteiger partial charge on any atom is 0.276 e. The van der Waals surface area contributed by atoms with Crippen molar-refractivity contribution in [3.8, 4) is 0 Å². The van der Waals surface area contributed by atoms with E-state index in [1.807, 2.05) is 25.1 Å². The molecule has 0 unspecified atom stereocenters. The summed E-state index contributed by atoms with van der Waals surface area (Å²) in [5, 5.41) is 4.09. The number of halogens is 1. The van der Waals surface area contributed by atoms with Crippen LogP contribution in [0.3, 0.4) is 0 Å². The molecule has 1 aromatic carbocycles. The number of hydrogen-bond donors (Lipinski definition) is 1. The molecular formula is C17H14ClN3OS. The molecule has 1 N–H and O–H groups in total. The summed E-state index contributed by atoms with van der Waals surface area (Å²) in [6, 6.07) is 11.2. The predicted octanol–water partition coefficient (Wildman–Crippen LogP) is 4.34. The molecule has 3 aromatic rings. The van der Waals surface area contributed by atoms with E-state index in [9.17, 15) is 4.79 Å². The topological polar surface area (TPSA) is 54.9 Å². The first kappa shape index (κ1) is 15.6. The molecule has 1 amide bonds. The Kier molecular flexibility index (Phi) is 4.69. The molecule has 0 aliphatic heterocycles. The molecule has 2 aromatic heterocycles. The first-order valence-electron chi connectivity index (χ1n) is 7.04. The molecule has 3 rings (SSSR count). The number of carbonyl (C=O) groups is 1. The fourth-order valence-corrected chi connectivity index (χ4v) is 3.10. The molecule has 0 fully saturated rings. The monoisotopic (exact) mass is 343 g/mol. The summed E-state index contributed by atoms with van der Waals surface area (Å²) in [5.74, 6) is -0.259. The largest absolute Gasteiger partial charge is 0.296 e. The van der Waals surface area contributed by atoms with Crippen LogP contribution in [0.25, 0.3) is 0 Å². The van der Waals surface area contributed by atoms with Crippen LogP contribution in [0.5, 0.6) is 0 Å². The molecule has 0 atom stereocenters. The van der Waals surface area contributed by atoms with Crippen LogP contribution < -0.4 is 5.32 Å². The summed E-state index contributed by atoms with van der Waals surface area (Å²) in [6.07, 6.45) is 4.09. The molecule has 2 heterocycles. The molecule has 0 saturated heterocycles. The van der Waals surface area contributed by atoms with E-state index in [1.165, 1.54) is 11.3 Å². The van der Waals surface area contributed by atoms with Gasteiger partial charge in [-0.2, -0.15) is 0 Å². The number of carbonyl (C=O) groups excluding carboxylic acids is 1. The van der Waals surface area contributed by atoms with Crippen LogP contribution in [0.15, 0.2) is 48.8 Å². The number of pyridine rings is 1. The van der Waals surface area contributed by atoms with Crippen molar-refractivity contribution in [2.45, 2.75) is 13.3 Å². The molecule has 116 valence electrons. The SMILES string of the molecule is Cc1ccc(Cc2cnc(NC(=O)c3ccccn3)s2)cc1Cl. The van der Waals surface area contributed by atoms with Crippen molar-refractivity contribution >= 4 is 34.0 Å². The van der Waals surface area contributed by atoms with E-state index < -0.39 is 0 Å². The number of aryl methyl sites for hydroxylation is 1. The Labute approximate surface area is 143 Å². The smallest absolute Gasteiger partial charge is 0.276 e. The zero-order valence-corrected chi connectivity index (χ0v) is 14.0. The van der Waals surface area contributed by atoms with Crippen LogP contribution in [0.4, 0.5) is 5.13 Å². The highest BCUT2D eigenvalue weighted by Crippen LogP contribution is 2.24. The minimum Gasteiger partial charge on any atom is -0.296 e. The Morgan fingerprint density at radius 1 is 1.26 bits per heavy atom. The van der Waals surface area contributed by atoms with Gasteiger partial charge < -0.3 is 0 Å². The summed E-state index contributed by atoms with van der Waals surface area (Å²) in [7, 11) is 0. The van der Waals surface area contributed by atoms with Gasteiger partial charge in [-0.1, -0.05) is 29.8 Å². The first-order valence-corrected chi connectivity index (χ1v) is 8.23. The van der Waals surface area contributed by atoms with Crippen LogP contribution in [-0.4, -0.2) is 15.9 Å². The van der Waals surface area contributed by atoms with Crippen LogP contribution in [-0.2, 0) is 6.42 Å². The Balaban J connectivity index is 1.68. The third-order valence-corrected chi connectivity index (χ3v) is 4.61. The second-order valence-electron chi connectivity index (χ2n) is 5.06. The van der Waals surface area contributed by atoms with Gasteiger partial charge in [0.1, 0.15) is 5.69 Å². The number of hydrogen-bond acceptors (Lipinski definition) is 4. The molecule has 0 bridgehead atoms. The number of thiazole rings is 1.